The molecule has 1 aliphatic rings. The molecule has 1 fully saturated rings. The van der Waals surface area contributed by atoms with Gasteiger partial charge in [-0.3, -0.25) is 9.78 Å². The second kappa shape index (κ2) is 5.43. The summed E-state index contributed by atoms with van der Waals surface area (Å²) >= 11 is 0. The van der Waals surface area contributed by atoms with E-state index in [2.05, 4.69) is 4.98 Å². The van der Waals surface area contributed by atoms with E-state index in [1.807, 2.05) is 0 Å². The number of ether oxygens (including phenoxy) is 1. The Bertz CT molecular complexity index is 395. The minimum atomic E-state index is -0.352. The molecule has 0 unspecified atom stereocenters. The molecule has 0 radical (unpaired) electrons. The van der Waals surface area contributed by atoms with Gasteiger partial charge in [-0.25, -0.2) is 4.79 Å². The fraction of sp³-hybridized carbons (Fsp3) is 0.417. The van der Waals surface area contributed by atoms with Crippen molar-refractivity contribution in [3.05, 3.63) is 30.1 Å². The number of carbonyl (C=O) groups is 2. The summed E-state index contributed by atoms with van der Waals surface area (Å²) in [5.41, 5.74) is 0.904. The number of pyridine rings is 1. The van der Waals surface area contributed by atoms with Gasteiger partial charge in [0.25, 0.3) is 0 Å². The van der Waals surface area contributed by atoms with Crippen molar-refractivity contribution in [1.82, 2.24) is 9.88 Å². The molecular weight excluding hydrogens is 220 g/mol. The summed E-state index contributed by atoms with van der Waals surface area (Å²) in [6, 6.07) is 3.60. The van der Waals surface area contributed by atoms with Gasteiger partial charge in [0, 0.05) is 38.3 Å². The van der Waals surface area contributed by atoms with Crippen LogP contribution in [0.3, 0.4) is 0 Å². The Kier molecular flexibility index (Phi) is 3.69. The van der Waals surface area contributed by atoms with Crippen molar-refractivity contribution in [3.8, 4) is 0 Å². The van der Waals surface area contributed by atoms with Gasteiger partial charge in [-0.05, 0) is 17.7 Å². The molecule has 0 aliphatic carbocycles. The number of hydrogen-bond donors (Lipinski definition) is 0. The van der Waals surface area contributed by atoms with Gasteiger partial charge in [-0.1, -0.05) is 0 Å². The number of piperidine rings is 1. The van der Waals surface area contributed by atoms with Gasteiger partial charge in [0.05, 0.1) is 0 Å². The average Bonchev–Trinajstić information content (AvgIpc) is 2.38. The number of likely N-dealkylation sites (tertiary alicyclic amines) is 1. The minimum Gasteiger partial charge on any atom is -0.445 e. The predicted octanol–water partition coefficient (Wildman–Crippen LogP) is 1.38. The number of carbonyl (C=O) groups excluding carboxylic acids is 2. The Morgan fingerprint density at radius 3 is 2.59 bits per heavy atom. The Morgan fingerprint density at radius 1 is 1.29 bits per heavy atom. The van der Waals surface area contributed by atoms with Crippen molar-refractivity contribution >= 4 is 11.9 Å². The number of hydrogen-bond acceptors (Lipinski definition) is 4. The minimum absolute atomic E-state index is 0.211. The van der Waals surface area contributed by atoms with Crippen molar-refractivity contribution in [2.75, 3.05) is 13.1 Å². The van der Waals surface area contributed by atoms with Crippen LogP contribution in [0.2, 0.25) is 0 Å². The Morgan fingerprint density at radius 2 is 1.94 bits per heavy atom. The molecule has 0 saturated carbocycles. The number of aromatic nitrogens is 1. The molecule has 1 saturated heterocycles. The molecule has 1 aliphatic heterocycles. The second-order valence-corrected chi connectivity index (χ2v) is 3.94. The van der Waals surface area contributed by atoms with Gasteiger partial charge in [0.2, 0.25) is 0 Å². The van der Waals surface area contributed by atoms with E-state index in [1.54, 1.807) is 29.4 Å². The second-order valence-electron chi connectivity index (χ2n) is 3.94. The fourth-order valence-electron chi connectivity index (χ4n) is 1.65. The number of nitrogens with zero attached hydrogens (tertiary/aromatic N) is 2. The molecule has 0 N–H and O–H groups in total. The largest absolute Gasteiger partial charge is 0.445 e. The summed E-state index contributed by atoms with van der Waals surface area (Å²) in [5, 5.41) is 0. The van der Waals surface area contributed by atoms with Gasteiger partial charge in [-0.15, -0.1) is 0 Å². The molecule has 1 aromatic rings. The molecule has 5 heteroatoms. The standard InChI is InChI=1S/C12H14N2O3/c15-11-3-7-14(8-4-11)12(16)17-9-10-1-5-13-6-2-10/h1-2,5-6H,3-4,7-9H2. The Balaban J connectivity index is 1.80. The Labute approximate surface area is 99.4 Å². The normalized spacial score (nSPS) is 15.8. The lowest BCUT2D eigenvalue weighted by atomic mass is 10.1. The summed E-state index contributed by atoms with van der Waals surface area (Å²) < 4.78 is 5.15. The number of Topliss-reactive ketones (excluding diaryl/α,β-unsaturated/α-hetero) is 1. The van der Waals surface area contributed by atoms with Crippen molar-refractivity contribution in [2.24, 2.45) is 0 Å². The fourth-order valence-corrected chi connectivity index (χ4v) is 1.65. The number of rotatable bonds is 2. The number of amides is 1. The van der Waals surface area contributed by atoms with E-state index in [0.29, 0.717) is 25.9 Å². The third-order valence-electron chi connectivity index (χ3n) is 2.69. The zero-order chi connectivity index (χ0) is 12.1. The van der Waals surface area contributed by atoms with Crippen molar-refractivity contribution < 1.29 is 14.3 Å². The lowest BCUT2D eigenvalue weighted by molar-refractivity contribution is -0.121. The van der Waals surface area contributed by atoms with E-state index in [-0.39, 0.29) is 18.5 Å². The SMILES string of the molecule is O=C1CCN(C(=O)OCc2ccncc2)CC1. The topological polar surface area (TPSA) is 59.5 Å². The molecule has 2 rings (SSSR count). The maximum absolute atomic E-state index is 11.7. The first-order valence-corrected chi connectivity index (χ1v) is 5.58. The van der Waals surface area contributed by atoms with Crippen LogP contribution in [0.25, 0.3) is 0 Å². The highest BCUT2D eigenvalue weighted by molar-refractivity contribution is 5.81. The van der Waals surface area contributed by atoms with E-state index >= 15 is 0 Å². The van der Waals surface area contributed by atoms with Crippen LogP contribution in [-0.2, 0) is 16.1 Å². The van der Waals surface area contributed by atoms with E-state index in [4.69, 9.17) is 4.74 Å². The lowest BCUT2D eigenvalue weighted by Gasteiger charge is -2.25. The molecule has 1 aromatic heterocycles. The zero-order valence-electron chi connectivity index (χ0n) is 9.46. The first kappa shape index (κ1) is 11.6. The molecule has 5 nitrogen and oxygen atoms in total. The zero-order valence-corrected chi connectivity index (χ0v) is 9.46. The monoisotopic (exact) mass is 234 g/mol. The van der Waals surface area contributed by atoms with Crippen LogP contribution in [-0.4, -0.2) is 34.8 Å². The van der Waals surface area contributed by atoms with Crippen molar-refractivity contribution in [2.45, 2.75) is 19.4 Å². The van der Waals surface area contributed by atoms with Crippen LogP contribution in [0.4, 0.5) is 4.79 Å². The first-order valence-electron chi connectivity index (χ1n) is 5.58. The van der Waals surface area contributed by atoms with Crippen LogP contribution in [0.15, 0.2) is 24.5 Å². The van der Waals surface area contributed by atoms with Gasteiger partial charge in [0.15, 0.2) is 0 Å². The summed E-state index contributed by atoms with van der Waals surface area (Å²) in [6.07, 6.45) is 3.83. The lowest BCUT2D eigenvalue weighted by Crippen LogP contribution is -2.38. The van der Waals surface area contributed by atoms with E-state index < -0.39 is 0 Å². The third kappa shape index (κ3) is 3.27. The van der Waals surface area contributed by atoms with Crippen LogP contribution in [0.1, 0.15) is 18.4 Å². The predicted molar refractivity (Wildman–Crippen MR) is 60.2 cm³/mol. The van der Waals surface area contributed by atoms with Gasteiger partial charge in [0.1, 0.15) is 12.4 Å². The molecule has 0 spiro atoms. The Hall–Kier alpha value is -1.91. The van der Waals surface area contributed by atoms with Gasteiger partial charge >= 0.3 is 6.09 Å². The summed E-state index contributed by atoms with van der Waals surface area (Å²) in [5.74, 6) is 0.211. The molecular formula is C12H14N2O3. The highest BCUT2D eigenvalue weighted by atomic mass is 16.6. The van der Waals surface area contributed by atoms with Gasteiger partial charge < -0.3 is 9.64 Å². The van der Waals surface area contributed by atoms with E-state index in [9.17, 15) is 9.59 Å². The highest BCUT2D eigenvalue weighted by Gasteiger charge is 2.21. The van der Waals surface area contributed by atoms with Crippen molar-refractivity contribution in [3.63, 3.8) is 0 Å². The molecule has 0 atom stereocenters. The summed E-state index contributed by atoms with van der Waals surface area (Å²) in [7, 11) is 0. The molecule has 17 heavy (non-hydrogen) atoms. The summed E-state index contributed by atoms with van der Waals surface area (Å²) in [4.78, 5) is 28.1. The first-order chi connectivity index (χ1) is 8.25. The van der Waals surface area contributed by atoms with Crippen molar-refractivity contribution in [1.29, 1.82) is 0 Å². The quantitative estimate of drug-likeness (QED) is 0.775. The molecule has 2 heterocycles. The third-order valence-corrected chi connectivity index (χ3v) is 2.69. The van der Waals surface area contributed by atoms with E-state index in [1.165, 1.54) is 0 Å². The maximum atomic E-state index is 11.7. The number of ketones is 1. The average molecular weight is 234 g/mol. The van der Waals surface area contributed by atoms with Crippen LogP contribution >= 0.6 is 0 Å². The van der Waals surface area contributed by atoms with Crippen LogP contribution < -0.4 is 0 Å². The highest BCUT2D eigenvalue weighted by Crippen LogP contribution is 2.08. The van der Waals surface area contributed by atoms with E-state index in [0.717, 1.165) is 5.56 Å². The van der Waals surface area contributed by atoms with Crippen LogP contribution in [0, 0.1) is 0 Å². The smallest absolute Gasteiger partial charge is 0.410 e. The maximum Gasteiger partial charge on any atom is 0.410 e. The molecule has 90 valence electrons. The molecule has 0 bridgehead atoms. The molecule has 0 aromatic carbocycles. The van der Waals surface area contributed by atoms with Crippen LogP contribution in [0.5, 0.6) is 0 Å². The summed E-state index contributed by atoms with van der Waals surface area (Å²) in [6.45, 7) is 1.17. The molecule has 1 amide bonds. The van der Waals surface area contributed by atoms with Gasteiger partial charge in [-0.2, -0.15) is 0 Å².